The number of anilines is 1. The van der Waals surface area contributed by atoms with E-state index in [1.807, 2.05) is 31.2 Å². The van der Waals surface area contributed by atoms with Crippen LogP contribution >= 0.6 is 0 Å². The van der Waals surface area contributed by atoms with Crippen LogP contribution in [0.4, 0.5) is 10.5 Å². The van der Waals surface area contributed by atoms with E-state index in [9.17, 15) is 14.4 Å². The average molecular weight is 343 g/mol. The molecule has 0 unspecified atom stereocenters. The minimum absolute atomic E-state index is 0.223. The summed E-state index contributed by atoms with van der Waals surface area (Å²) >= 11 is 0. The normalized spacial score (nSPS) is 19.6. The largest absolute Gasteiger partial charge is 0.327 e. The second-order valence-electron chi connectivity index (χ2n) is 6.88. The molecule has 1 spiro atoms. The van der Waals surface area contributed by atoms with Gasteiger partial charge in [0.25, 0.3) is 5.91 Å². The number of carbonyl (C=O) groups is 3. The summed E-state index contributed by atoms with van der Waals surface area (Å²) in [6.07, 6.45) is 5.13. The van der Waals surface area contributed by atoms with E-state index in [0.29, 0.717) is 12.8 Å². The van der Waals surface area contributed by atoms with Crippen molar-refractivity contribution < 1.29 is 14.4 Å². The maximum absolute atomic E-state index is 12.9. The number of urea groups is 1. The molecule has 1 aliphatic heterocycles. The lowest BCUT2D eigenvalue weighted by molar-refractivity contribution is -0.136. The Labute approximate surface area is 148 Å². The number of para-hydroxylation sites is 1. The molecule has 2 fully saturated rings. The van der Waals surface area contributed by atoms with E-state index in [4.69, 9.17) is 0 Å². The summed E-state index contributed by atoms with van der Waals surface area (Å²) in [6, 6.07) is 7.19. The highest BCUT2D eigenvalue weighted by Crippen LogP contribution is 2.39. The number of imide groups is 1. The number of amides is 4. The third-order valence-electron chi connectivity index (χ3n) is 5.46. The molecule has 6 nitrogen and oxygen atoms in total. The number of nitrogens with one attached hydrogen (secondary N) is 1. The first kappa shape index (κ1) is 17.5. The Morgan fingerprint density at radius 1 is 1.16 bits per heavy atom. The van der Waals surface area contributed by atoms with Crippen LogP contribution in [0.25, 0.3) is 0 Å². The van der Waals surface area contributed by atoms with Gasteiger partial charge in [0.1, 0.15) is 12.1 Å². The van der Waals surface area contributed by atoms with Gasteiger partial charge in [-0.25, -0.2) is 4.79 Å². The van der Waals surface area contributed by atoms with E-state index in [2.05, 4.69) is 5.32 Å². The minimum atomic E-state index is -0.739. The quantitative estimate of drug-likeness (QED) is 0.855. The highest BCUT2D eigenvalue weighted by atomic mass is 16.2. The molecule has 134 valence electrons. The van der Waals surface area contributed by atoms with Crippen LogP contribution < -0.4 is 5.32 Å². The molecule has 1 aliphatic carbocycles. The molecule has 3 rings (SSSR count). The number of likely N-dealkylation sites (N-methyl/N-ethyl adjacent to an activating group) is 1. The molecule has 6 heteroatoms. The lowest BCUT2D eigenvalue weighted by Gasteiger charge is -2.35. The van der Waals surface area contributed by atoms with E-state index in [-0.39, 0.29) is 24.4 Å². The SMILES string of the molecule is CCc1ccccc1NC(=O)CN1C(=O)N(C)C2(CCCCC2)C1=O. The number of carbonyl (C=O) groups excluding carboxylic acids is 3. The molecule has 1 heterocycles. The van der Waals surface area contributed by atoms with Gasteiger partial charge in [-0.15, -0.1) is 0 Å². The molecule has 0 bridgehead atoms. The first-order valence-corrected chi connectivity index (χ1v) is 8.97. The number of hydrogen-bond acceptors (Lipinski definition) is 3. The van der Waals surface area contributed by atoms with E-state index in [1.54, 1.807) is 11.9 Å². The van der Waals surface area contributed by atoms with Crippen LogP contribution in [0.2, 0.25) is 0 Å². The minimum Gasteiger partial charge on any atom is -0.324 e. The Hall–Kier alpha value is -2.37. The summed E-state index contributed by atoms with van der Waals surface area (Å²) in [5, 5.41) is 2.83. The number of benzene rings is 1. The van der Waals surface area contributed by atoms with Crippen molar-refractivity contribution in [2.75, 3.05) is 18.9 Å². The monoisotopic (exact) mass is 343 g/mol. The molecule has 1 N–H and O–H groups in total. The summed E-state index contributed by atoms with van der Waals surface area (Å²) in [7, 11) is 1.68. The number of nitrogens with zero attached hydrogens (tertiary/aromatic N) is 2. The standard InChI is InChI=1S/C19H25N3O3/c1-3-14-9-5-6-10-15(14)20-16(23)13-22-17(24)19(21(2)18(22)25)11-7-4-8-12-19/h5-6,9-10H,3-4,7-8,11-13H2,1-2H3,(H,20,23). The molecule has 0 aromatic heterocycles. The van der Waals surface area contributed by atoms with Gasteiger partial charge < -0.3 is 10.2 Å². The van der Waals surface area contributed by atoms with E-state index in [0.717, 1.165) is 41.8 Å². The predicted molar refractivity (Wildman–Crippen MR) is 95.1 cm³/mol. The van der Waals surface area contributed by atoms with Crippen molar-refractivity contribution in [3.8, 4) is 0 Å². The summed E-state index contributed by atoms with van der Waals surface area (Å²) in [6.45, 7) is 1.78. The average Bonchev–Trinajstić information content (AvgIpc) is 2.79. The van der Waals surface area contributed by atoms with Crippen molar-refractivity contribution in [3.05, 3.63) is 29.8 Å². The smallest absolute Gasteiger partial charge is 0.324 e. The maximum atomic E-state index is 12.9. The molecule has 1 aromatic carbocycles. The van der Waals surface area contributed by atoms with Crippen LogP contribution in [-0.4, -0.2) is 46.8 Å². The number of aryl methyl sites for hydroxylation is 1. The topological polar surface area (TPSA) is 69.7 Å². The maximum Gasteiger partial charge on any atom is 0.327 e. The third-order valence-corrected chi connectivity index (χ3v) is 5.46. The van der Waals surface area contributed by atoms with E-state index in [1.165, 1.54) is 0 Å². The fraction of sp³-hybridized carbons (Fsp3) is 0.526. The van der Waals surface area contributed by atoms with Crippen molar-refractivity contribution in [1.82, 2.24) is 9.80 Å². The van der Waals surface area contributed by atoms with Crippen LogP contribution in [0.3, 0.4) is 0 Å². The summed E-state index contributed by atoms with van der Waals surface area (Å²) < 4.78 is 0. The zero-order chi connectivity index (χ0) is 18.0. The molecule has 0 radical (unpaired) electrons. The van der Waals surface area contributed by atoms with Gasteiger partial charge in [-0.3, -0.25) is 14.5 Å². The van der Waals surface area contributed by atoms with Crippen LogP contribution in [-0.2, 0) is 16.0 Å². The molecule has 1 aromatic rings. The van der Waals surface area contributed by atoms with Crippen LogP contribution in [0.15, 0.2) is 24.3 Å². The molecule has 0 atom stereocenters. The van der Waals surface area contributed by atoms with Crippen molar-refractivity contribution >= 4 is 23.5 Å². The molecule has 25 heavy (non-hydrogen) atoms. The number of hydrogen-bond donors (Lipinski definition) is 1. The third kappa shape index (κ3) is 3.01. The summed E-state index contributed by atoms with van der Waals surface area (Å²) in [4.78, 5) is 40.5. The summed E-state index contributed by atoms with van der Waals surface area (Å²) in [5.74, 6) is -0.567. The molecule has 2 aliphatic rings. The van der Waals surface area contributed by atoms with Gasteiger partial charge in [0.2, 0.25) is 5.91 Å². The first-order chi connectivity index (χ1) is 12.0. The Morgan fingerprint density at radius 2 is 1.84 bits per heavy atom. The number of rotatable bonds is 4. The lowest BCUT2D eigenvalue weighted by atomic mass is 9.81. The van der Waals surface area contributed by atoms with E-state index >= 15 is 0 Å². The molecular formula is C19H25N3O3. The molecular weight excluding hydrogens is 318 g/mol. The highest BCUT2D eigenvalue weighted by molar-refractivity contribution is 6.10. The van der Waals surface area contributed by atoms with Crippen LogP contribution in [0.5, 0.6) is 0 Å². The molecule has 4 amide bonds. The first-order valence-electron chi connectivity index (χ1n) is 8.97. The molecule has 1 saturated carbocycles. The Kier molecular flexibility index (Phi) is 4.79. The second-order valence-corrected chi connectivity index (χ2v) is 6.88. The van der Waals surface area contributed by atoms with Gasteiger partial charge in [-0.2, -0.15) is 0 Å². The van der Waals surface area contributed by atoms with Crippen molar-refractivity contribution in [3.63, 3.8) is 0 Å². The van der Waals surface area contributed by atoms with Crippen molar-refractivity contribution in [2.24, 2.45) is 0 Å². The summed E-state index contributed by atoms with van der Waals surface area (Å²) in [5.41, 5.74) is 1.02. The van der Waals surface area contributed by atoms with Gasteiger partial charge in [0, 0.05) is 12.7 Å². The Balaban J connectivity index is 1.73. The van der Waals surface area contributed by atoms with E-state index < -0.39 is 5.54 Å². The predicted octanol–water partition coefficient (Wildman–Crippen LogP) is 2.78. The van der Waals surface area contributed by atoms with Crippen LogP contribution in [0, 0.1) is 0 Å². The Bertz CT molecular complexity index is 695. The van der Waals surface area contributed by atoms with Crippen molar-refractivity contribution in [1.29, 1.82) is 0 Å². The highest BCUT2D eigenvalue weighted by Gasteiger charge is 2.55. The van der Waals surface area contributed by atoms with Gasteiger partial charge in [-0.05, 0) is 30.9 Å². The van der Waals surface area contributed by atoms with Gasteiger partial charge >= 0.3 is 6.03 Å². The van der Waals surface area contributed by atoms with Crippen LogP contribution in [0.1, 0.15) is 44.6 Å². The fourth-order valence-corrected chi connectivity index (χ4v) is 3.95. The zero-order valence-corrected chi connectivity index (χ0v) is 14.9. The molecule has 1 saturated heterocycles. The van der Waals surface area contributed by atoms with Crippen molar-refractivity contribution in [2.45, 2.75) is 51.0 Å². The van der Waals surface area contributed by atoms with Gasteiger partial charge in [0.15, 0.2) is 0 Å². The zero-order valence-electron chi connectivity index (χ0n) is 14.9. The van der Waals surface area contributed by atoms with Gasteiger partial charge in [-0.1, -0.05) is 44.4 Å². The fourth-order valence-electron chi connectivity index (χ4n) is 3.95. The lowest BCUT2D eigenvalue weighted by Crippen LogP contribution is -2.49. The Morgan fingerprint density at radius 3 is 2.52 bits per heavy atom. The second kappa shape index (κ2) is 6.86. The van der Waals surface area contributed by atoms with Gasteiger partial charge in [0.05, 0.1) is 0 Å².